The molecule has 0 aliphatic rings. The molecule has 0 aliphatic carbocycles. The van der Waals surface area contributed by atoms with Crippen LogP contribution in [0.15, 0.2) is 0 Å². The van der Waals surface area contributed by atoms with Gasteiger partial charge < -0.3 is 0 Å². The maximum absolute atomic E-state index is 10.9. The van der Waals surface area contributed by atoms with Crippen LogP contribution in [0.4, 0.5) is 0 Å². The van der Waals surface area contributed by atoms with Crippen LogP contribution in [0, 0.1) is 5.92 Å². The van der Waals surface area contributed by atoms with E-state index in [1.54, 1.807) is 0 Å². The summed E-state index contributed by atoms with van der Waals surface area (Å²) in [5.74, 6) is 0.0227. The molecule has 0 aromatic rings. The molecule has 0 radical (unpaired) electrons. The Kier molecular flexibility index (Phi) is 17.7. The van der Waals surface area contributed by atoms with Gasteiger partial charge in [0.15, 0.2) is 0 Å². The van der Waals surface area contributed by atoms with Gasteiger partial charge in [-0.2, -0.15) is 0 Å². The fourth-order valence-corrected chi connectivity index (χ4v) is 3.19. The number of halogens is 2. The van der Waals surface area contributed by atoms with Crippen molar-refractivity contribution in [1.82, 2.24) is 0 Å². The Balaban J connectivity index is 3.08. The van der Waals surface area contributed by atoms with Crippen LogP contribution in [0.25, 0.3) is 0 Å². The maximum Gasteiger partial charge on any atom is 0.224 e. The van der Waals surface area contributed by atoms with Gasteiger partial charge in [-0.15, -0.1) is 0 Å². The van der Waals surface area contributed by atoms with Gasteiger partial charge in [0.25, 0.3) is 0 Å². The van der Waals surface area contributed by atoms with E-state index >= 15 is 0 Å². The number of rotatable bonds is 18. The highest BCUT2D eigenvalue weighted by molar-refractivity contribution is 6.64. The molecule has 142 valence electrons. The highest BCUT2D eigenvalue weighted by atomic mass is 35.5. The van der Waals surface area contributed by atoms with Gasteiger partial charge in [0, 0.05) is 12.3 Å². The second-order valence-electron chi connectivity index (χ2n) is 7.05. The van der Waals surface area contributed by atoms with Crippen LogP contribution in [0.3, 0.4) is 0 Å². The summed E-state index contributed by atoms with van der Waals surface area (Å²) in [5, 5.41) is -0.393. The number of unbranched alkanes of at least 4 members (excludes halogenated alkanes) is 13. The molecule has 0 saturated carbocycles. The van der Waals surface area contributed by atoms with Gasteiger partial charge in [0.05, 0.1) is 0 Å². The van der Waals surface area contributed by atoms with E-state index in [1.165, 1.54) is 70.6 Å². The number of carbonyl (C=O) groups excluding carboxylic acids is 2. The largest absolute Gasteiger partial charge is 0.281 e. The maximum atomic E-state index is 10.9. The van der Waals surface area contributed by atoms with Crippen molar-refractivity contribution in [3.63, 3.8) is 0 Å². The van der Waals surface area contributed by atoms with E-state index in [2.05, 4.69) is 0 Å². The van der Waals surface area contributed by atoms with E-state index in [9.17, 15) is 9.59 Å². The molecule has 0 rings (SSSR count). The summed E-state index contributed by atoms with van der Waals surface area (Å²) in [6, 6.07) is 0. The van der Waals surface area contributed by atoms with Crippen LogP contribution in [-0.4, -0.2) is 10.5 Å². The molecular formula is C20H36Cl2O2. The number of carbonyl (C=O) groups is 2. The molecule has 0 fully saturated rings. The molecular weight excluding hydrogens is 343 g/mol. The van der Waals surface area contributed by atoms with Gasteiger partial charge in [-0.25, -0.2) is 0 Å². The second kappa shape index (κ2) is 17.7. The smallest absolute Gasteiger partial charge is 0.224 e. The molecule has 2 nitrogen and oxygen atoms in total. The van der Waals surface area contributed by atoms with Crippen molar-refractivity contribution < 1.29 is 9.59 Å². The fraction of sp³-hybridized carbons (Fsp3) is 0.900. The van der Waals surface area contributed by atoms with Gasteiger partial charge in [-0.3, -0.25) is 9.59 Å². The molecule has 4 heteroatoms. The summed E-state index contributed by atoms with van der Waals surface area (Å²) in [7, 11) is 0. The third-order valence-electron chi connectivity index (χ3n) is 4.65. The van der Waals surface area contributed by atoms with E-state index in [-0.39, 0.29) is 16.4 Å². The lowest BCUT2D eigenvalue weighted by atomic mass is 10.0. The van der Waals surface area contributed by atoms with Gasteiger partial charge in [0.2, 0.25) is 10.5 Å². The van der Waals surface area contributed by atoms with Crippen LogP contribution in [0.1, 0.15) is 110 Å². The van der Waals surface area contributed by atoms with Crippen molar-refractivity contribution in [2.75, 3.05) is 0 Å². The fourth-order valence-electron chi connectivity index (χ4n) is 2.95. The van der Waals surface area contributed by atoms with Crippen LogP contribution < -0.4 is 0 Å². The van der Waals surface area contributed by atoms with Crippen LogP contribution in [0.2, 0.25) is 0 Å². The minimum absolute atomic E-state index is 0.0227. The molecule has 0 heterocycles. The van der Waals surface area contributed by atoms with E-state index < -0.39 is 0 Å². The summed E-state index contributed by atoms with van der Waals surface area (Å²) < 4.78 is 0. The molecule has 0 saturated heterocycles. The lowest BCUT2D eigenvalue weighted by Crippen LogP contribution is -2.02. The zero-order valence-corrected chi connectivity index (χ0v) is 17.0. The summed E-state index contributed by atoms with van der Waals surface area (Å²) in [6.07, 6.45) is 19.1. The van der Waals surface area contributed by atoms with Crippen molar-refractivity contribution in [2.45, 2.75) is 110 Å². The SMILES string of the molecule is CC(CCCCCCCCCCCCCCCCC(=O)Cl)C(=O)Cl. The van der Waals surface area contributed by atoms with Gasteiger partial charge >= 0.3 is 0 Å². The molecule has 0 spiro atoms. The van der Waals surface area contributed by atoms with E-state index in [1.807, 2.05) is 6.92 Å². The first-order valence-corrected chi connectivity index (χ1v) is 10.7. The zero-order chi connectivity index (χ0) is 18.0. The summed E-state index contributed by atoms with van der Waals surface area (Å²) in [5.41, 5.74) is 0. The highest BCUT2D eigenvalue weighted by Gasteiger charge is 2.08. The van der Waals surface area contributed by atoms with Crippen molar-refractivity contribution in [3.8, 4) is 0 Å². The third kappa shape index (κ3) is 18.3. The van der Waals surface area contributed by atoms with E-state index in [0.717, 1.165) is 25.7 Å². The van der Waals surface area contributed by atoms with Gasteiger partial charge in [0.1, 0.15) is 0 Å². The summed E-state index contributed by atoms with van der Waals surface area (Å²) in [4.78, 5) is 21.5. The van der Waals surface area contributed by atoms with E-state index in [0.29, 0.717) is 6.42 Å². The molecule has 0 bridgehead atoms. The lowest BCUT2D eigenvalue weighted by Gasteiger charge is -2.06. The summed E-state index contributed by atoms with van der Waals surface area (Å²) >= 11 is 10.8. The lowest BCUT2D eigenvalue weighted by molar-refractivity contribution is -0.115. The molecule has 1 unspecified atom stereocenters. The zero-order valence-electron chi connectivity index (χ0n) is 15.5. The Morgan fingerprint density at radius 1 is 0.625 bits per heavy atom. The Labute approximate surface area is 159 Å². The van der Waals surface area contributed by atoms with Crippen molar-refractivity contribution in [2.24, 2.45) is 5.92 Å². The number of hydrogen-bond donors (Lipinski definition) is 0. The Morgan fingerprint density at radius 3 is 1.29 bits per heavy atom. The second-order valence-corrected chi connectivity index (χ2v) is 7.84. The quantitative estimate of drug-likeness (QED) is 0.184. The highest BCUT2D eigenvalue weighted by Crippen LogP contribution is 2.16. The molecule has 0 aromatic carbocycles. The molecule has 0 amide bonds. The predicted octanol–water partition coefficient (Wildman–Crippen LogP) is 7.39. The first-order chi connectivity index (χ1) is 11.5. The Morgan fingerprint density at radius 2 is 0.958 bits per heavy atom. The standard InChI is InChI=1S/C20H36Cl2O2/c1-18(20(22)24)16-14-12-10-8-6-4-2-3-5-7-9-11-13-15-17-19(21)23/h18H,2-17H2,1H3. The minimum Gasteiger partial charge on any atom is -0.281 e. The average Bonchev–Trinajstić information content (AvgIpc) is 2.53. The molecule has 24 heavy (non-hydrogen) atoms. The van der Waals surface area contributed by atoms with Gasteiger partial charge in [-0.1, -0.05) is 90.4 Å². The van der Waals surface area contributed by atoms with Crippen molar-refractivity contribution in [3.05, 3.63) is 0 Å². The minimum atomic E-state index is -0.199. The predicted molar refractivity (Wildman–Crippen MR) is 105 cm³/mol. The third-order valence-corrected chi connectivity index (χ3v) is 5.21. The van der Waals surface area contributed by atoms with E-state index in [4.69, 9.17) is 23.2 Å². The monoisotopic (exact) mass is 378 g/mol. The normalized spacial score (nSPS) is 12.3. The van der Waals surface area contributed by atoms with Crippen molar-refractivity contribution in [1.29, 1.82) is 0 Å². The molecule has 0 N–H and O–H groups in total. The van der Waals surface area contributed by atoms with Gasteiger partial charge in [-0.05, 0) is 36.0 Å². The summed E-state index contributed by atoms with van der Waals surface area (Å²) in [6.45, 7) is 1.91. The van der Waals surface area contributed by atoms with Crippen molar-refractivity contribution >= 4 is 33.7 Å². The average molecular weight is 379 g/mol. The van der Waals surface area contributed by atoms with Crippen LogP contribution in [0.5, 0.6) is 0 Å². The first-order valence-electron chi connectivity index (χ1n) is 9.91. The van der Waals surface area contributed by atoms with Crippen LogP contribution >= 0.6 is 23.2 Å². The Bertz CT molecular complexity index is 319. The molecule has 0 aliphatic heterocycles. The number of hydrogen-bond acceptors (Lipinski definition) is 2. The molecule has 1 atom stereocenters. The van der Waals surface area contributed by atoms with Crippen LogP contribution in [-0.2, 0) is 9.59 Å². The molecule has 0 aromatic heterocycles. The topological polar surface area (TPSA) is 34.1 Å². The Hall–Kier alpha value is -0.0800. The first kappa shape index (κ1) is 23.9.